The van der Waals surface area contributed by atoms with Crippen LogP contribution in [-0.2, 0) is 6.42 Å². The van der Waals surface area contributed by atoms with Crippen molar-refractivity contribution < 1.29 is 9.90 Å². The zero-order valence-electron chi connectivity index (χ0n) is 9.54. The van der Waals surface area contributed by atoms with Crippen molar-refractivity contribution in [3.63, 3.8) is 0 Å². The van der Waals surface area contributed by atoms with E-state index in [0.717, 1.165) is 10.6 Å². The maximum atomic E-state index is 10.8. The molecule has 0 aliphatic carbocycles. The molecule has 1 aromatic carbocycles. The number of nitrogen functional groups attached to an aromatic ring is 1. The van der Waals surface area contributed by atoms with Gasteiger partial charge in [-0.2, -0.15) is 0 Å². The molecule has 1 atom stereocenters. The van der Waals surface area contributed by atoms with E-state index in [1.54, 1.807) is 18.3 Å². The normalized spacial score (nSPS) is 12.0. The standard InChI is InChI=1S/C12H13N3O2S/c13-9-3-1-8(2-4-9)7-10(15-12(16)17)11-14-5-6-18-11/h1-6,10,15H,7,13H2,(H,16,17)/t10-/m0/s1. The van der Waals surface area contributed by atoms with Crippen LogP contribution in [0.5, 0.6) is 0 Å². The van der Waals surface area contributed by atoms with Gasteiger partial charge < -0.3 is 16.2 Å². The number of nitrogens with zero attached hydrogens (tertiary/aromatic N) is 1. The van der Waals surface area contributed by atoms with Gasteiger partial charge in [-0.1, -0.05) is 12.1 Å². The smallest absolute Gasteiger partial charge is 0.405 e. The minimum atomic E-state index is -1.05. The van der Waals surface area contributed by atoms with E-state index in [9.17, 15) is 4.79 Å². The van der Waals surface area contributed by atoms with Crippen LogP contribution >= 0.6 is 11.3 Å². The number of carboxylic acid groups (broad SMARTS) is 1. The zero-order chi connectivity index (χ0) is 13.0. The molecule has 0 spiro atoms. The number of thiazole rings is 1. The lowest BCUT2D eigenvalue weighted by Crippen LogP contribution is -2.28. The quantitative estimate of drug-likeness (QED) is 0.738. The second-order valence-electron chi connectivity index (χ2n) is 3.82. The molecule has 5 nitrogen and oxygen atoms in total. The summed E-state index contributed by atoms with van der Waals surface area (Å²) in [6.07, 6.45) is 1.17. The van der Waals surface area contributed by atoms with Gasteiger partial charge in [-0.05, 0) is 24.1 Å². The molecule has 1 aromatic heterocycles. The predicted molar refractivity (Wildman–Crippen MR) is 70.6 cm³/mol. The van der Waals surface area contributed by atoms with E-state index in [1.165, 1.54) is 11.3 Å². The molecule has 0 saturated carbocycles. The van der Waals surface area contributed by atoms with Crippen molar-refractivity contribution in [1.82, 2.24) is 10.3 Å². The van der Waals surface area contributed by atoms with Crippen LogP contribution in [0.15, 0.2) is 35.8 Å². The number of nitrogens with one attached hydrogen (secondary N) is 1. The fourth-order valence-electron chi connectivity index (χ4n) is 1.65. The number of amides is 1. The van der Waals surface area contributed by atoms with Gasteiger partial charge in [0.05, 0.1) is 6.04 Å². The average Bonchev–Trinajstić information content (AvgIpc) is 2.84. The summed E-state index contributed by atoms with van der Waals surface area (Å²) in [7, 11) is 0. The molecule has 0 bridgehead atoms. The summed E-state index contributed by atoms with van der Waals surface area (Å²) in [5.74, 6) is 0. The molecular formula is C12H13N3O2S. The molecule has 4 N–H and O–H groups in total. The second kappa shape index (κ2) is 5.50. The van der Waals surface area contributed by atoms with E-state index < -0.39 is 6.09 Å². The predicted octanol–water partition coefficient (Wildman–Crippen LogP) is 2.28. The maximum Gasteiger partial charge on any atom is 0.405 e. The van der Waals surface area contributed by atoms with E-state index in [0.29, 0.717) is 12.1 Å². The third-order valence-corrected chi connectivity index (χ3v) is 3.36. The Morgan fingerprint density at radius 1 is 1.44 bits per heavy atom. The van der Waals surface area contributed by atoms with Gasteiger partial charge in [0.25, 0.3) is 0 Å². The Morgan fingerprint density at radius 2 is 2.17 bits per heavy atom. The average molecular weight is 263 g/mol. The highest BCUT2D eigenvalue weighted by atomic mass is 32.1. The van der Waals surface area contributed by atoms with Crippen LogP contribution < -0.4 is 11.1 Å². The number of nitrogens with two attached hydrogens (primary N) is 1. The Kier molecular flexibility index (Phi) is 3.78. The number of benzene rings is 1. The highest BCUT2D eigenvalue weighted by Gasteiger charge is 2.16. The summed E-state index contributed by atoms with van der Waals surface area (Å²) in [6.45, 7) is 0. The lowest BCUT2D eigenvalue weighted by molar-refractivity contribution is 0.190. The van der Waals surface area contributed by atoms with Gasteiger partial charge in [-0.25, -0.2) is 9.78 Å². The van der Waals surface area contributed by atoms with Crippen LogP contribution in [0.25, 0.3) is 0 Å². The number of aromatic nitrogens is 1. The molecule has 0 aliphatic heterocycles. The van der Waals surface area contributed by atoms with Crippen LogP contribution in [0, 0.1) is 0 Å². The summed E-state index contributed by atoms with van der Waals surface area (Å²) >= 11 is 1.43. The van der Waals surface area contributed by atoms with Gasteiger partial charge in [-0.3, -0.25) is 0 Å². The van der Waals surface area contributed by atoms with Crippen LogP contribution in [0.3, 0.4) is 0 Å². The molecule has 0 aliphatic rings. The highest BCUT2D eigenvalue weighted by Crippen LogP contribution is 2.21. The van der Waals surface area contributed by atoms with Crippen molar-refractivity contribution >= 4 is 23.1 Å². The van der Waals surface area contributed by atoms with E-state index in [4.69, 9.17) is 10.8 Å². The molecule has 18 heavy (non-hydrogen) atoms. The lowest BCUT2D eigenvalue weighted by Gasteiger charge is -2.14. The first kappa shape index (κ1) is 12.4. The van der Waals surface area contributed by atoms with Crippen LogP contribution in [0.2, 0.25) is 0 Å². The van der Waals surface area contributed by atoms with Gasteiger partial charge in [0.15, 0.2) is 0 Å². The van der Waals surface area contributed by atoms with E-state index in [1.807, 2.05) is 17.5 Å². The third-order valence-electron chi connectivity index (χ3n) is 2.47. The van der Waals surface area contributed by atoms with Crippen LogP contribution in [0.1, 0.15) is 16.6 Å². The SMILES string of the molecule is Nc1ccc(C[C@H](NC(=O)O)c2nccs2)cc1. The van der Waals surface area contributed by atoms with E-state index in [2.05, 4.69) is 10.3 Å². The van der Waals surface area contributed by atoms with Crippen molar-refractivity contribution in [2.45, 2.75) is 12.5 Å². The van der Waals surface area contributed by atoms with Crippen LogP contribution in [-0.4, -0.2) is 16.2 Å². The third kappa shape index (κ3) is 3.21. The summed E-state index contributed by atoms with van der Waals surface area (Å²) in [4.78, 5) is 14.9. The molecule has 0 saturated heterocycles. The van der Waals surface area contributed by atoms with Crippen molar-refractivity contribution in [3.8, 4) is 0 Å². The van der Waals surface area contributed by atoms with E-state index >= 15 is 0 Å². The van der Waals surface area contributed by atoms with Gasteiger partial charge in [0, 0.05) is 17.3 Å². The Balaban J connectivity index is 2.15. The largest absolute Gasteiger partial charge is 0.465 e. The monoisotopic (exact) mass is 263 g/mol. The van der Waals surface area contributed by atoms with Gasteiger partial charge in [0.2, 0.25) is 0 Å². The van der Waals surface area contributed by atoms with Gasteiger partial charge in [0.1, 0.15) is 5.01 Å². The molecule has 2 aromatic rings. The molecule has 0 fully saturated rings. The van der Waals surface area contributed by atoms with Crippen LogP contribution in [0.4, 0.5) is 10.5 Å². The Hall–Kier alpha value is -2.08. The second-order valence-corrected chi connectivity index (χ2v) is 4.74. The lowest BCUT2D eigenvalue weighted by atomic mass is 10.1. The first-order valence-corrected chi connectivity index (χ1v) is 6.26. The van der Waals surface area contributed by atoms with E-state index in [-0.39, 0.29) is 6.04 Å². The molecule has 1 heterocycles. The zero-order valence-corrected chi connectivity index (χ0v) is 10.4. The van der Waals surface area contributed by atoms with Gasteiger partial charge in [-0.15, -0.1) is 11.3 Å². The Morgan fingerprint density at radius 3 is 2.72 bits per heavy atom. The fourth-order valence-corrected chi connectivity index (χ4v) is 2.33. The Labute approximate surface area is 108 Å². The number of hydrogen-bond acceptors (Lipinski definition) is 4. The molecule has 94 valence electrons. The minimum Gasteiger partial charge on any atom is -0.465 e. The number of hydrogen-bond donors (Lipinski definition) is 3. The fraction of sp³-hybridized carbons (Fsp3) is 0.167. The molecule has 0 unspecified atom stereocenters. The molecule has 2 rings (SSSR count). The molecule has 1 amide bonds. The molecule has 0 radical (unpaired) electrons. The Bertz CT molecular complexity index is 511. The first-order chi connectivity index (χ1) is 8.65. The number of carbonyl (C=O) groups is 1. The topological polar surface area (TPSA) is 88.2 Å². The van der Waals surface area contributed by atoms with Gasteiger partial charge >= 0.3 is 6.09 Å². The summed E-state index contributed by atoms with van der Waals surface area (Å²) in [6, 6.07) is 7.05. The van der Waals surface area contributed by atoms with Crippen molar-refractivity contribution in [2.24, 2.45) is 0 Å². The van der Waals surface area contributed by atoms with Crippen molar-refractivity contribution in [3.05, 3.63) is 46.4 Å². The first-order valence-electron chi connectivity index (χ1n) is 5.38. The van der Waals surface area contributed by atoms with Crippen molar-refractivity contribution in [2.75, 3.05) is 5.73 Å². The summed E-state index contributed by atoms with van der Waals surface area (Å²) in [5, 5.41) is 13.9. The summed E-state index contributed by atoms with van der Waals surface area (Å²) < 4.78 is 0. The molecule has 6 heteroatoms. The number of rotatable bonds is 4. The number of anilines is 1. The highest BCUT2D eigenvalue weighted by molar-refractivity contribution is 7.09. The maximum absolute atomic E-state index is 10.8. The molecular weight excluding hydrogens is 250 g/mol. The minimum absolute atomic E-state index is 0.328. The summed E-state index contributed by atoms with van der Waals surface area (Å²) in [5.41, 5.74) is 7.32. The van der Waals surface area contributed by atoms with Crippen molar-refractivity contribution in [1.29, 1.82) is 0 Å².